The zero-order valence-electron chi connectivity index (χ0n) is 16.9. The van der Waals surface area contributed by atoms with Crippen LogP contribution in [0.3, 0.4) is 0 Å². The van der Waals surface area contributed by atoms with Crippen LogP contribution in [-0.2, 0) is 21.5 Å². The summed E-state index contributed by atoms with van der Waals surface area (Å²) >= 11 is 0. The minimum atomic E-state index is -4.09. The van der Waals surface area contributed by atoms with E-state index >= 15 is 0 Å². The first-order chi connectivity index (χ1) is 13.3. The summed E-state index contributed by atoms with van der Waals surface area (Å²) in [6.45, 7) is 2.32. The largest absolute Gasteiger partial charge is 0.493 e. The lowest BCUT2D eigenvalue weighted by Gasteiger charge is -2.52. The number of nitrogens with two attached hydrogens (primary N) is 1. The SMILES string of the molecule is CC[C@]12CC[C@@H]3c4cc(OC)c(OS(N)(=O)=O)cc4CC[C@H]3[C@@H]1CC[C@@H]2OC. The highest BCUT2D eigenvalue weighted by Crippen LogP contribution is 2.63. The van der Waals surface area contributed by atoms with Crippen molar-refractivity contribution in [3.8, 4) is 11.5 Å². The van der Waals surface area contributed by atoms with Gasteiger partial charge in [-0.2, -0.15) is 13.6 Å². The van der Waals surface area contributed by atoms with Crippen LogP contribution in [0.2, 0.25) is 0 Å². The first-order valence-electron chi connectivity index (χ1n) is 10.3. The van der Waals surface area contributed by atoms with Gasteiger partial charge in [0.2, 0.25) is 0 Å². The van der Waals surface area contributed by atoms with Gasteiger partial charge in [0.1, 0.15) is 0 Å². The van der Waals surface area contributed by atoms with Crippen LogP contribution in [0, 0.1) is 17.3 Å². The summed E-state index contributed by atoms with van der Waals surface area (Å²) in [7, 11) is -0.691. The fourth-order valence-electron chi connectivity index (χ4n) is 6.71. The summed E-state index contributed by atoms with van der Waals surface area (Å²) < 4.78 is 39.1. The van der Waals surface area contributed by atoms with Gasteiger partial charge >= 0.3 is 10.3 Å². The summed E-state index contributed by atoms with van der Waals surface area (Å²) in [4.78, 5) is 0. The average Bonchev–Trinajstić information content (AvgIpc) is 3.05. The lowest BCUT2D eigenvalue weighted by Crippen LogP contribution is -2.46. The number of fused-ring (bicyclic) bond motifs is 5. The van der Waals surface area contributed by atoms with Gasteiger partial charge in [0.25, 0.3) is 0 Å². The summed E-state index contributed by atoms with van der Waals surface area (Å²) in [6.07, 6.45) is 8.34. The maximum Gasteiger partial charge on any atom is 0.380 e. The van der Waals surface area contributed by atoms with E-state index in [1.54, 1.807) is 0 Å². The maximum atomic E-state index is 11.4. The molecule has 28 heavy (non-hydrogen) atoms. The molecule has 6 nitrogen and oxygen atoms in total. The van der Waals surface area contributed by atoms with Crippen molar-refractivity contribution in [2.24, 2.45) is 22.4 Å². The standard InChI is InChI=1S/C21H31NO5S/c1-4-21-10-9-14-15(17(21)7-8-20(21)26-3)6-5-13-11-19(27-28(22,23)24)18(25-2)12-16(13)14/h11-12,14-15,17,20H,4-10H2,1-3H3,(H2,22,23,24)/t14-,15+,17-,20-,21-/m0/s1. The van der Waals surface area contributed by atoms with Gasteiger partial charge in [-0.15, -0.1) is 0 Å². The van der Waals surface area contributed by atoms with E-state index in [9.17, 15) is 8.42 Å². The lowest BCUT2D eigenvalue weighted by molar-refractivity contribution is -0.0592. The van der Waals surface area contributed by atoms with Gasteiger partial charge in [0.15, 0.2) is 11.5 Å². The Morgan fingerprint density at radius 3 is 2.57 bits per heavy atom. The third-order valence-electron chi connectivity index (χ3n) is 7.79. The Morgan fingerprint density at radius 2 is 1.93 bits per heavy atom. The summed E-state index contributed by atoms with van der Waals surface area (Å²) in [5, 5.41) is 5.07. The molecule has 1 aromatic rings. The van der Waals surface area contributed by atoms with Crippen LogP contribution in [-0.4, -0.2) is 28.7 Å². The number of benzene rings is 1. The molecule has 0 spiro atoms. The van der Waals surface area contributed by atoms with E-state index in [-0.39, 0.29) is 5.75 Å². The van der Waals surface area contributed by atoms with Crippen molar-refractivity contribution in [3.63, 3.8) is 0 Å². The van der Waals surface area contributed by atoms with Crippen LogP contribution < -0.4 is 14.1 Å². The van der Waals surface area contributed by atoms with Crippen molar-refractivity contribution >= 4 is 10.3 Å². The molecule has 5 atom stereocenters. The highest BCUT2D eigenvalue weighted by molar-refractivity contribution is 7.84. The van der Waals surface area contributed by atoms with E-state index in [1.807, 2.05) is 19.2 Å². The smallest absolute Gasteiger partial charge is 0.380 e. The molecule has 0 aromatic heterocycles. The third-order valence-corrected chi connectivity index (χ3v) is 8.21. The van der Waals surface area contributed by atoms with Crippen molar-refractivity contribution in [1.29, 1.82) is 0 Å². The molecule has 2 saturated carbocycles. The normalized spacial score (nSPS) is 34.3. The molecule has 0 radical (unpaired) electrons. The van der Waals surface area contributed by atoms with E-state index < -0.39 is 10.3 Å². The molecule has 3 aliphatic rings. The van der Waals surface area contributed by atoms with Crippen molar-refractivity contribution in [3.05, 3.63) is 23.3 Å². The van der Waals surface area contributed by atoms with Crippen LogP contribution in [0.25, 0.3) is 0 Å². The van der Waals surface area contributed by atoms with Gasteiger partial charge in [-0.1, -0.05) is 6.92 Å². The van der Waals surface area contributed by atoms with Gasteiger partial charge in [-0.3, -0.25) is 0 Å². The Morgan fingerprint density at radius 1 is 1.14 bits per heavy atom. The van der Waals surface area contributed by atoms with Gasteiger partial charge in [-0.25, -0.2) is 0 Å². The molecule has 7 heteroatoms. The maximum absolute atomic E-state index is 11.4. The fourth-order valence-corrected chi connectivity index (χ4v) is 7.09. The first kappa shape index (κ1) is 20.0. The molecular weight excluding hydrogens is 378 g/mol. The zero-order valence-corrected chi connectivity index (χ0v) is 17.8. The summed E-state index contributed by atoms with van der Waals surface area (Å²) in [5.74, 6) is 2.45. The zero-order chi connectivity index (χ0) is 20.1. The Bertz CT molecular complexity index is 855. The summed E-state index contributed by atoms with van der Waals surface area (Å²) in [5.41, 5.74) is 2.76. The van der Waals surface area contributed by atoms with E-state index in [4.69, 9.17) is 18.8 Å². The molecule has 0 amide bonds. The van der Waals surface area contributed by atoms with E-state index in [0.29, 0.717) is 35.0 Å². The Balaban J connectivity index is 1.69. The third kappa shape index (κ3) is 3.12. The molecule has 0 aliphatic heterocycles. The molecule has 0 heterocycles. The predicted molar refractivity (Wildman–Crippen MR) is 107 cm³/mol. The second kappa shape index (κ2) is 7.18. The van der Waals surface area contributed by atoms with Crippen molar-refractivity contribution in [2.75, 3.05) is 14.2 Å². The van der Waals surface area contributed by atoms with Gasteiger partial charge < -0.3 is 13.7 Å². The Kier molecular flexibility index (Phi) is 5.13. The number of ether oxygens (including phenoxy) is 2. The highest BCUT2D eigenvalue weighted by Gasteiger charge is 2.56. The topological polar surface area (TPSA) is 87.9 Å². The van der Waals surface area contributed by atoms with Crippen molar-refractivity contribution in [1.82, 2.24) is 0 Å². The first-order valence-corrected chi connectivity index (χ1v) is 11.8. The quantitative estimate of drug-likeness (QED) is 0.804. The fraction of sp³-hybridized carbons (Fsp3) is 0.714. The molecule has 0 saturated heterocycles. The molecule has 2 N–H and O–H groups in total. The van der Waals surface area contributed by atoms with Gasteiger partial charge in [0, 0.05) is 7.11 Å². The minimum Gasteiger partial charge on any atom is -0.493 e. The Hall–Kier alpha value is -1.31. The highest BCUT2D eigenvalue weighted by atomic mass is 32.2. The number of aryl methyl sites for hydroxylation is 1. The van der Waals surface area contributed by atoms with Crippen LogP contribution in [0.5, 0.6) is 11.5 Å². The second-order valence-corrected chi connectivity index (χ2v) is 9.77. The van der Waals surface area contributed by atoms with Crippen molar-refractivity contribution in [2.45, 2.75) is 63.9 Å². The molecule has 4 rings (SSSR count). The molecule has 156 valence electrons. The molecule has 0 unspecified atom stereocenters. The number of methoxy groups -OCH3 is 2. The number of rotatable bonds is 5. The predicted octanol–water partition coefficient (Wildman–Crippen LogP) is 3.54. The number of hydrogen-bond donors (Lipinski definition) is 1. The molecule has 2 fully saturated rings. The van der Waals surface area contributed by atoms with Crippen LogP contribution in [0.15, 0.2) is 12.1 Å². The lowest BCUT2D eigenvalue weighted by atomic mass is 9.54. The van der Waals surface area contributed by atoms with Crippen LogP contribution >= 0.6 is 0 Å². The van der Waals surface area contributed by atoms with Gasteiger partial charge in [-0.05, 0) is 91.4 Å². The second-order valence-electron chi connectivity index (χ2n) is 8.62. The molecule has 3 aliphatic carbocycles. The van der Waals surface area contributed by atoms with Crippen LogP contribution in [0.1, 0.15) is 62.5 Å². The average molecular weight is 410 g/mol. The molecule has 1 aromatic carbocycles. The monoisotopic (exact) mass is 409 g/mol. The van der Waals surface area contributed by atoms with Crippen molar-refractivity contribution < 1.29 is 22.1 Å². The Labute approximate surface area is 168 Å². The molecule has 0 bridgehead atoms. The molecular formula is C21H31NO5S. The number of hydrogen-bond acceptors (Lipinski definition) is 5. The van der Waals surface area contributed by atoms with Crippen LogP contribution in [0.4, 0.5) is 0 Å². The summed E-state index contributed by atoms with van der Waals surface area (Å²) in [6, 6.07) is 3.79. The van der Waals surface area contributed by atoms with Gasteiger partial charge in [0.05, 0.1) is 13.2 Å². The van der Waals surface area contributed by atoms with E-state index in [2.05, 4.69) is 6.92 Å². The van der Waals surface area contributed by atoms with E-state index in [0.717, 1.165) is 31.2 Å². The van der Waals surface area contributed by atoms with E-state index in [1.165, 1.54) is 31.9 Å². The minimum absolute atomic E-state index is 0.182.